The zero-order valence-corrected chi connectivity index (χ0v) is 4.76. The van der Waals surface area contributed by atoms with E-state index < -0.39 is 0 Å². The molecule has 41 valence electrons. The van der Waals surface area contributed by atoms with E-state index in [2.05, 4.69) is 4.98 Å². The Hall–Kier alpha value is -0.740. The molecule has 8 heavy (non-hydrogen) atoms. The molecule has 0 aliphatic carbocycles. The molecule has 0 N–H and O–H groups in total. The minimum Gasteiger partial charge on any atom is -0.295 e. The first kappa shape index (κ1) is 7.26. The van der Waals surface area contributed by atoms with Crippen LogP contribution in [0, 0.1) is 0 Å². The van der Waals surface area contributed by atoms with Gasteiger partial charge in [0.2, 0.25) is 0 Å². The van der Waals surface area contributed by atoms with Gasteiger partial charge >= 0.3 is 0 Å². The highest BCUT2D eigenvalue weighted by Crippen LogP contribution is 1.97. The van der Waals surface area contributed by atoms with Gasteiger partial charge in [-0.15, -0.1) is 11.3 Å². The zero-order chi connectivity index (χ0) is 5.11. The Morgan fingerprint density at radius 1 is 1.75 bits per heavy atom. The Bertz CT molecular complexity index is 149. The third-order valence-electron chi connectivity index (χ3n) is 0.552. The molecular weight excluding hydrogens is 124 g/mol. The number of aldehydes is 1. The minimum absolute atomic E-state index is 0. The Labute approximate surface area is 51.0 Å². The molecule has 1 rings (SSSR count). The van der Waals surface area contributed by atoms with Crippen molar-refractivity contribution in [2.45, 2.75) is 0 Å². The second-order valence-corrected chi connectivity index (χ2v) is 1.91. The average Bonchev–Trinajstić information content (AvgIpc) is 2.14. The van der Waals surface area contributed by atoms with Gasteiger partial charge in [0, 0.05) is 17.7 Å². The number of rotatable bonds is 1. The molecule has 0 saturated heterocycles. The van der Waals surface area contributed by atoms with Gasteiger partial charge in [-0.25, -0.2) is 4.98 Å². The summed E-state index contributed by atoms with van der Waals surface area (Å²) in [6.07, 6.45) is 2.35. The monoisotopic (exact) mass is 127 g/mol. The van der Waals surface area contributed by atoms with Crippen LogP contribution >= 0.6 is 11.3 Å². The highest BCUT2D eigenvalue weighted by atomic mass is 32.1. The third-order valence-corrected chi connectivity index (χ3v) is 1.25. The van der Waals surface area contributed by atoms with Crippen LogP contribution in [0.1, 0.15) is 9.80 Å². The quantitative estimate of drug-likeness (QED) is 0.515. The number of aromatic nitrogens is 1. The number of thiazole rings is 1. The standard InChI is InChI=1S/C4H3NOS.N/c6-3-4-5-1-2-7-4;/h1-3H;. The van der Waals surface area contributed by atoms with Crippen LogP contribution in [0.2, 0.25) is 0 Å². The molecule has 0 unspecified atom stereocenters. The van der Waals surface area contributed by atoms with Gasteiger partial charge in [-0.2, -0.15) is 0 Å². The maximum Gasteiger partial charge on any atom is 0.178 e. The van der Waals surface area contributed by atoms with Crippen LogP contribution in [0.3, 0.4) is 0 Å². The number of carbonyl (C=O) groups excluding carboxylic acids is 1. The Morgan fingerprint density at radius 3 is 2.75 bits per heavy atom. The fourth-order valence-corrected chi connectivity index (χ4v) is 0.731. The van der Waals surface area contributed by atoms with Gasteiger partial charge in [-0.1, -0.05) is 0 Å². The first-order valence-electron chi connectivity index (χ1n) is 1.78. The lowest BCUT2D eigenvalue weighted by molar-refractivity contribution is 0.112. The fraction of sp³-hybridized carbons (Fsp3) is 0. The van der Waals surface area contributed by atoms with E-state index in [1.54, 1.807) is 11.6 Å². The van der Waals surface area contributed by atoms with Gasteiger partial charge in [-0.3, -0.25) is 4.79 Å². The molecular formula is C4H3N2OS. The second kappa shape index (κ2) is 3.29. The Balaban J connectivity index is 0.000000490. The lowest BCUT2D eigenvalue weighted by Crippen LogP contribution is -1.69. The average molecular weight is 127 g/mol. The summed E-state index contributed by atoms with van der Waals surface area (Å²) in [6.45, 7) is 0. The summed E-state index contributed by atoms with van der Waals surface area (Å²) >= 11 is 1.34. The fourth-order valence-electron chi connectivity index (χ4n) is 0.293. The molecule has 0 saturated carbocycles. The molecule has 0 amide bonds. The van der Waals surface area contributed by atoms with E-state index in [4.69, 9.17) is 0 Å². The topological polar surface area (TPSA) is 60.5 Å². The van der Waals surface area contributed by atoms with Crippen molar-refractivity contribution in [3.05, 3.63) is 16.6 Å². The number of hydrogen-bond donors (Lipinski definition) is 0. The summed E-state index contributed by atoms with van der Waals surface area (Å²) in [5.41, 5.74) is 0. The molecule has 4 heteroatoms. The summed E-state index contributed by atoms with van der Waals surface area (Å²) < 4.78 is 0. The van der Waals surface area contributed by atoms with Crippen LogP contribution in [0.25, 0.3) is 0 Å². The molecule has 0 aliphatic heterocycles. The predicted molar refractivity (Wildman–Crippen MR) is 29.6 cm³/mol. The maximum atomic E-state index is 9.82. The first-order valence-corrected chi connectivity index (χ1v) is 2.66. The summed E-state index contributed by atoms with van der Waals surface area (Å²) in [7, 11) is 0. The van der Waals surface area contributed by atoms with E-state index in [0.717, 1.165) is 6.29 Å². The van der Waals surface area contributed by atoms with Crippen LogP contribution < -0.4 is 6.15 Å². The normalized spacial score (nSPS) is 7.50. The molecule has 0 spiro atoms. The number of hydrogen-bond acceptors (Lipinski definition) is 3. The van der Waals surface area contributed by atoms with E-state index in [0.29, 0.717) is 5.01 Å². The van der Waals surface area contributed by atoms with Gasteiger partial charge in [0.1, 0.15) is 0 Å². The Kier molecular flexibility index (Phi) is 2.98. The summed E-state index contributed by atoms with van der Waals surface area (Å²) in [5, 5.41) is 2.31. The summed E-state index contributed by atoms with van der Waals surface area (Å²) in [4.78, 5) is 13.5. The number of carbonyl (C=O) groups is 1. The van der Waals surface area contributed by atoms with E-state index in [9.17, 15) is 4.79 Å². The van der Waals surface area contributed by atoms with Gasteiger partial charge in [-0.05, 0) is 0 Å². The minimum atomic E-state index is 0. The molecule has 3 radical (unpaired) electrons. The number of nitrogens with zero attached hydrogens (tertiary/aromatic N) is 2. The highest BCUT2D eigenvalue weighted by Gasteiger charge is 1.84. The van der Waals surface area contributed by atoms with Crippen LogP contribution in [0.5, 0.6) is 0 Å². The van der Waals surface area contributed by atoms with Crippen molar-refractivity contribution in [3.8, 4) is 0 Å². The SMILES string of the molecule is O=Cc1nccs1.[N]. The van der Waals surface area contributed by atoms with Crippen LogP contribution in [0.4, 0.5) is 0 Å². The van der Waals surface area contributed by atoms with Crippen molar-refractivity contribution in [2.24, 2.45) is 0 Å². The molecule has 0 fully saturated rings. The van der Waals surface area contributed by atoms with E-state index in [1.165, 1.54) is 11.3 Å². The van der Waals surface area contributed by atoms with E-state index >= 15 is 0 Å². The van der Waals surface area contributed by atoms with Crippen molar-refractivity contribution in [2.75, 3.05) is 0 Å². The van der Waals surface area contributed by atoms with Crippen LogP contribution in [-0.2, 0) is 0 Å². The summed E-state index contributed by atoms with van der Waals surface area (Å²) in [5.74, 6) is 0. The largest absolute Gasteiger partial charge is 0.295 e. The molecule has 0 aromatic carbocycles. The summed E-state index contributed by atoms with van der Waals surface area (Å²) in [6, 6.07) is 0. The smallest absolute Gasteiger partial charge is 0.178 e. The van der Waals surface area contributed by atoms with E-state index in [-0.39, 0.29) is 6.15 Å². The van der Waals surface area contributed by atoms with E-state index in [1.807, 2.05) is 0 Å². The predicted octanol–water partition coefficient (Wildman–Crippen LogP) is 0.475. The van der Waals surface area contributed by atoms with Crippen LogP contribution in [-0.4, -0.2) is 11.3 Å². The zero-order valence-electron chi connectivity index (χ0n) is 3.94. The lowest BCUT2D eigenvalue weighted by Gasteiger charge is -1.65. The van der Waals surface area contributed by atoms with Crippen molar-refractivity contribution < 1.29 is 4.79 Å². The maximum absolute atomic E-state index is 9.82. The third kappa shape index (κ3) is 1.40. The molecule has 1 aromatic heterocycles. The van der Waals surface area contributed by atoms with Crippen molar-refractivity contribution in [1.82, 2.24) is 11.1 Å². The van der Waals surface area contributed by atoms with Gasteiger partial charge in [0.15, 0.2) is 11.3 Å². The highest BCUT2D eigenvalue weighted by molar-refractivity contribution is 7.11. The van der Waals surface area contributed by atoms with Gasteiger partial charge in [0.25, 0.3) is 0 Å². The molecule has 3 nitrogen and oxygen atoms in total. The van der Waals surface area contributed by atoms with Gasteiger partial charge in [0.05, 0.1) is 0 Å². The molecule has 1 heterocycles. The van der Waals surface area contributed by atoms with Crippen LogP contribution in [0.15, 0.2) is 11.6 Å². The molecule has 0 bridgehead atoms. The van der Waals surface area contributed by atoms with Crippen molar-refractivity contribution in [3.63, 3.8) is 0 Å². The molecule has 0 aliphatic rings. The first-order chi connectivity index (χ1) is 3.43. The van der Waals surface area contributed by atoms with Gasteiger partial charge < -0.3 is 0 Å². The molecule has 0 atom stereocenters. The lowest BCUT2D eigenvalue weighted by atomic mass is 10.8. The second-order valence-electron chi connectivity index (χ2n) is 0.988. The van der Waals surface area contributed by atoms with Crippen molar-refractivity contribution >= 4 is 17.6 Å². The molecule has 1 aromatic rings. The Morgan fingerprint density at radius 2 is 2.50 bits per heavy atom. The van der Waals surface area contributed by atoms with Crippen molar-refractivity contribution in [1.29, 1.82) is 0 Å².